The Bertz CT molecular complexity index is 104. The summed E-state index contributed by atoms with van der Waals surface area (Å²) in [5.74, 6) is 0. The second kappa shape index (κ2) is 21.2. The van der Waals surface area contributed by atoms with E-state index in [1.165, 1.54) is 0 Å². The lowest BCUT2D eigenvalue weighted by molar-refractivity contribution is -0.170. The number of hydrogen-bond acceptors (Lipinski definition) is 3. The van der Waals surface area contributed by atoms with Crippen LogP contribution in [0.3, 0.4) is 0 Å². The predicted octanol–water partition coefficient (Wildman–Crippen LogP) is 3.17. The molecule has 1 unspecified atom stereocenters. The van der Waals surface area contributed by atoms with Gasteiger partial charge in [-0.25, -0.2) is 0 Å². The molecule has 1 aliphatic rings. The molecule has 0 aromatic rings. The molecule has 4 heteroatoms. The zero-order chi connectivity index (χ0) is 7.45. The van der Waals surface area contributed by atoms with E-state index < -0.39 is 0 Å². The molecule has 3 N–H and O–H groups in total. The minimum absolute atomic E-state index is 0. The Kier molecular flexibility index (Phi) is 54.3. The summed E-state index contributed by atoms with van der Waals surface area (Å²) < 4.78 is 10.4. The lowest BCUT2D eigenvalue weighted by Gasteiger charge is -2.38. The molecule has 0 aromatic carbocycles. The lowest BCUT2D eigenvalue weighted by atomic mass is 9.99. The summed E-state index contributed by atoms with van der Waals surface area (Å²) in [6, 6.07) is 0. The average molecular weight is 260 g/mol. The van der Waals surface area contributed by atoms with Gasteiger partial charge >= 0.3 is 0 Å². The molecular formula is C13H40O4. The van der Waals surface area contributed by atoms with Crippen LogP contribution in [0.2, 0.25) is 0 Å². The lowest BCUT2D eigenvalue weighted by Crippen LogP contribution is -2.44. The van der Waals surface area contributed by atoms with Crippen molar-refractivity contribution in [2.24, 2.45) is 0 Å². The zero-order valence-corrected chi connectivity index (χ0v) is 6.80. The quantitative estimate of drug-likeness (QED) is 0.789. The molecule has 0 amide bonds. The maximum Gasteiger partial charge on any atom is 0.0908 e. The SMILES string of the molecule is C.C.C.C.C.C.CC1(COCCO)CCO1.O. The van der Waals surface area contributed by atoms with Gasteiger partial charge in [0.1, 0.15) is 0 Å². The molecule has 0 bridgehead atoms. The van der Waals surface area contributed by atoms with Crippen LogP contribution >= 0.6 is 0 Å². The van der Waals surface area contributed by atoms with Crippen LogP contribution in [0, 0.1) is 0 Å². The maximum absolute atomic E-state index is 8.39. The highest BCUT2D eigenvalue weighted by Crippen LogP contribution is 2.25. The van der Waals surface area contributed by atoms with Gasteiger partial charge in [-0.05, 0) is 6.92 Å². The van der Waals surface area contributed by atoms with Crippen molar-refractivity contribution in [3.63, 3.8) is 0 Å². The van der Waals surface area contributed by atoms with Gasteiger partial charge in [0.15, 0.2) is 0 Å². The average Bonchev–Trinajstić information content (AvgIpc) is 1.85. The summed E-state index contributed by atoms with van der Waals surface area (Å²) >= 11 is 0. The highest BCUT2D eigenvalue weighted by molar-refractivity contribution is 4.81. The van der Waals surface area contributed by atoms with Crippen LogP contribution in [0.4, 0.5) is 0 Å². The Morgan fingerprint density at radius 3 is 1.76 bits per heavy atom. The molecule has 0 spiro atoms. The summed E-state index contributed by atoms with van der Waals surface area (Å²) in [6.07, 6.45) is 1.07. The number of aliphatic hydroxyl groups excluding tert-OH is 1. The first-order chi connectivity index (χ1) is 4.77. The fraction of sp³-hybridized carbons (Fsp3) is 1.00. The van der Waals surface area contributed by atoms with E-state index >= 15 is 0 Å². The molecular weight excluding hydrogens is 220 g/mol. The third-order valence-corrected chi connectivity index (χ3v) is 1.72. The molecule has 1 rings (SSSR count). The van der Waals surface area contributed by atoms with Gasteiger partial charge in [-0.1, -0.05) is 44.6 Å². The van der Waals surface area contributed by atoms with E-state index in [2.05, 4.69) is 0 Å². The molecule has 1 aliphatic heterocycles. The standard InChI is InChI=1S/C7H14O3.6CH4.H2O/c1-7(2-4-10-7)6-9-5-3-8;;;;;;;/h8H,2-6H2,1H3;6*1H4;1H2. The first-order valence-electron chi connectivity index (χ1n) is 3.59. The number of ether oxygens (including phenoxy) is 2. The van der Waals surface area contributed by atoms with Crippen LogP contribution < -0.4 is 0 Å². The molecule has 1 atom stereocenters. The van der Waals surface area contributed by atoms with Gasteiger partial charge in [0.05, 0.1) is 32.0 Å². The van der Waals surface area contributed by atoms with Crippen molar-refractivity contribution < 1.29 is 20.1 Å². The Balaban J connectivity index is -0.0000000286. The topological polar surface area (TPSA) is 70.2 Å². The van der Waals surface area contributed by atoms with Gasteiger partial charge < -0.3 is 20.1 Å². The summed E-state index contributed by atoms with van der Waals surface area (Å²) in [5, 5.41) is 8.39. The second-order valence-corrected chi connectivity index (χ2v) is 2.82. The highest BCUT2D eigenvalue weighted by atomic mass is 16.6. The summed E-state index contributed by atoms with van der Waals surface area (Å²) in [7, 11) is 0. The van der Waals surface area contributed by atoms with Gasteiger partial charge in [-0.15, -0.1) is 0 Å². The molecule has 0 aromatic heterocycles. The highest BCUT2D eigenvalue weighted by Gasteiger charge is 2.32. The van der Waals surface area contributed by atoms with E-state index in [4.69, 9.17) is 14.6 Å². The predicted molar refractivity (Wildman–Crippen MR) is 80.9 cm³/mol. The van der Waals surface area contributed by atoms with Gasteiger partial charge in [-0.3, -0.25) is 0 Å². The minimum Gasteiger partial charge on any atom is -0.412 e. The number of aliphatic hydroxyl groups is 1. The molecule has 116 valence electrons. The Labute approximate surface area is 111 Å². The normalized spacial score (nSPS) is 18.7. The molecule has 0 radical (unpaired) electrons. The first-order valence-corrected chi connectivity index (χ1v) is 3.59. The van der Waals surface area contributed by atoms with Crippen molar-refractivity contribution in [2.45, 2.75) is 63.5 Å². The van der Waals surface area contributed by atoms with Gasteiger partial charge in [0.25, 0.3) is 0 Å². The van der Waals surface area contributed by atoms with Crippen LogP contribution in [0.1, 0.15) is 57.9 Å². The Hall–Kier alpha value is -0.160. The molecule has 17 heavy (non-hydrogen) atoms. The molecule has 1 heterocycles. The van der Waals surface area contributed by atoms with E-state index in [1.807, 2.05) is 6.92 Å². The van der Waals surface area contributed by atoms with Crippen molar-refractivity contribution in [1.82, 2.24) is 0 Å². The summed E-state index contributed by atoms with van der Waals surface area (Å²) in [4.78, 5) is 0. The zero-order valence-electron chi connectivity index (χ0n) is 6.80. The first kappa shape index (κ1) is 43.6. The Morgan fingerprint density at radius 2 is 1.53 bits per heavy atom. The number of rotatable bonds is 4. The largest absolute Gasteiger partial charge is 0.412 e. The van der Waals surface area contributed by atoms with E-state index in [9.17, 15) is 0 Å². The van der Waals surface area contributed by atoms with E-state index in [1.54, 1.807) is 0 Å². The summed E-state index contributed by atoms with van der Waals surface area (Å²) in [6.45, 7) is 3.98. The second-order valence-electron chi connectivity index (χ2n) is 2.82. The number of hydrogen-bond donors (Lipinski definition) is 1. The van der Waals surface area contributed by atoms with Crippen LogP contribution in [-0.4, -0.2) is 42.6 Å². The van der Waals surface area contributed by atoms with Crippen molar-refractivity contribution in [3.8, 4) is 0 Å². The molecule has 4 nitrogen and oxygen atoms in total. The van der Waals surface area contributed by atoms with E-state index in [0.29, 0.717) is 13.2 Å². The minimum atomic E-state index is -0.0603. The van der Waals surface area contributed by atoms with Crippen molar-refractivity contribution in [2.75, 3.05) is 26.4 Å². The van der Waals surface area contributed by atoms with Gasteiger partial charge in [-0.2, -0.15) is 0 Å². The van der Waals surface area contributed by atoms with E-state index in [0.717, 1.165) is 13.0 Å². The van der Waals surface area contributed by atoms with Crippen molar-refractivity contribution in [1.29, 1.82) is 0 Å². The molecule has 0 saturated carbocycles. The van der Waals surface area contributed by atoms with Crippen molar-refractivity contribution in [3.05, 3.63) is 0 Å². The molecule has 1 saturated heterocycles. The van der Waals surface area contributed by atoms with Crippen LogP contribution in [0.15, 0.2) is 0 Å². The van der Waals surface area contributed by atoms with Crippen LogP contribution in [0.25, 0.3) is 0 Å². The fourth-order valence-corrected chi connectivity index (χ4v) is 0.917. The monoisotopic (exact) mass is 260 g/mol. The molecule has 1 fully saturated rings. The third kappa shape index (κ3) is 15.8. The smallest absolute Gasteiger partial charge is 0.0908 e. The maximum atomic E-state index is 8.39. The van der Waals surface area contributed by atoms with E-state index in [-0.39, 0.29) is 62.2 Å². The molecule has 0 aliphatic carbocycles. The van der Waals surface area contributed by atoms with Crippen molar-refractivity contribution >= 4 is 0 Å². The third-order valence-electron chi connectivity index (χ3n) is 1.72. The van der Waals surface area contributed by atoms with Crippen LogP contribution in [0.5, 0.6) is 0 Å². The van der Waals surface area contributed by atoms with Gasteiger partial charge in [0.2, 0.25) is 0 Å². The van der Waals surface area contributed by atoms with Gasteiger partial charge in [0, 0.05) is 6.42 Å². The fourth-order valence-electron chi connectivity index (χ4n) is 0.917. The Morgan fingerprint density at radius 1 is 1.12 bits per heavy atom. The van der Waals surface area contributed by atoms with Crippen LogP contribution in [-0.2, 0) is 9.47 Å². The summed E-state index contributed by atoms with van der Waals surface area (Å²) in [5.41, 5.74) is -0.0603.